The predicted octanol–water partition coefficient (Wildman–Crippen LogP) is 3.95. The van der Waals surface area contributed by atoms with Crippen molar-refractivity contribution in [2.24, 2.45) is 5.73 Å². The number of rotatable bonds is 2. The van der Waals surface area contributed by atoms with Gasteiger partial charge in [-0.15, -0.1) is 0 Å². The van der Waals surface area contributed by atoms with E-state index >= 15 is 0 Å². The maximum absolute atomic E-state index is 5.74. The Kier molecular flexibility index (Phi) is 3.31. The van der Waals surface area contributed by atoms with Gasteiger partial charge in [-0.2, -0.15) is 0 Å². The maximum atomic E-state index is 5.74. The summed E-state index contributed by atoms with van der Waals surface area (Å²) in [5.74, 6) is 0.865. The van der Waals surface area contributed by atoms with Gasteiger partial charge in [0, 0.05) is 5.56 Å². The molecule has 0 atom stereocenters. The molecule has 2 nitrogen and oxygen atoms in total. The SMILES string of the molecule is Cc1c(C)c(C)c(-c2ccoc2CN)c(C)c1C. The number of hydrogen-bond acceptors (Lipinski definition) is 2. The van der Waals surface area contributed by atoms with E-state index in [1.165, 1.54) is 33.4 Å². The quantitative estimate of drug-likeness (QED) is 0.867. The van der Waals surface area contributed by atoms with E-state index in [9.17, 15) is 0 Å². The van der Waals surface area contributed by atoms with E-state index in [1.807, 2.05) is 6.07 Å². The van der Waals surface area contributed by atoms with Gasteiger partial charge >= 0.3 is 0 Å². The van der Waals surface area contributed by atoms with Crippen molar-refractivity contribution >= 4 is 0 Å². The lowest BCUT2D eigenvalue weighted by Gasteiger charge is -2.18. The first-order chi connectivity index (χ1) is 8.49. The van der Waals surface area contributed by atoms with Crippen LogP contribution in [0, 0.1) is 34.6 Å². The molecule has 1 heterocycles. The van der Waals surface area contributed by atoms with Gasteiger partial charge in [0.05, 0.1) is 12.8 Å². The monoisotopic (exact) mass is 243 g/mol. The number of nitrogens with two attached hydrogens (primary N) is 1. The minimum Gasteiger partial charge on any atom is -0.467 e. The number of benzene rings is 1. The van der Waals surface area contributed by atoms with Crippen molar-refractivity contribution in [3.8, 4) is 11.1 Å². The standard InChI is InChI=1S/C16H21NO/c1-9-10(2)12(4)16(13(5)11(9)3)14-6-7-18-15(14)8-17/h6-7H,8,17H2,1-5H3. The van der Waals surface area contributed by atoms with E-state index < -0.39 is 0 Å². The molecule has 18 heavy (non-hydrogen) atoms. The number of furan rings is 1. The molecule has 1 aromatic heterocycles. The van der Waals surface area contributed by atoms with E-state index in [2.05, 4.69) is 34.6 Å². The predicted molar refractivity (Wildman–Crippen MR) is 75.7 cm³/mol. The molecule has 0 unspecified atom stereocenters. The van der Waals surface area contributed by atoms with Gasteiger partial charge in [0.25, 0.3) is 0 Å². The second-order valence-electron chi connectivity index (χ2n) is 4.96. The highest BCUT2D eigenvalue weighted by atomic mass is 16.3. The third-order valence-corrected chi connectivity index (χ3v) is 4.20. The average Bonchev–Trinajstić information content (AvgIpc) is 2.82. The van der Waals surface area contributed by atoms with Gasteiger partial charge in [0.2, 0.25) is 0 Å². The minimum atomic E-state index is 0.438. The molecule has 0 spiro atoms. The third kappa shape index (κ3) is 1.77. The highest BCUT2D eigenvalue weighted by Gasteiger charge is 2.17. The Morgan fingerprint density at radius 3 is 1.89 bits per heavy atom. The maximum Gasteiger partial charge on any atom is 0.125 e. The van der Waals surface area contributed by atoms with Crippen molar-refractivity contribution in [1.82, 2.24) is 0 Å². The van der Waals surface area contributed by atoms with Gasteiger partial charge in [-0.05, 0) is 74.1 Å². The van der Waals surface area contributed by atoms with Crippen molar-refractivity contribution in [2.75, 3.05) is 0 Å². The molecule has 2 aromatic rings. The van der Waals surface area contributed by atoms with Crippen LogP contribution in [-0.4, -0.2) is 0 Å². The van der Waals surface area contributed by atoms with Crippen molar-refractivity contribution in [1.29, 1.82) is 0 Å². The van der Waals surface area contributed by atoms with Crippen LogP contribution in [0.1, 0.15) is 33.6 Å². The minimum absolute atomic E-state index is 0.438. The van der Waals surface area contributed by atoms with Crippen LogP contribution in [0.2, 0.25) is 0 Å². The highest BCUT2D eigenvalue weighted by molar-refractivity contribution is 5.75. The Bertz CT molecular complexity index is 564. The summed E-state index contributed by atoms with van der Waals surface area (Å²) in [4.78, 5) is 0. The molecule has 0 bridgehead atoms. The van der Waals surface area contributed by atoms with Crippen LogP contribution in [0.5, 0.6) is 0 Å². The summed E-state index contributed by atoms with van der Waals surface area (Å²) in [6.07, 6.45) is 1.72. The molecule has 0 amide bonds. The first-order valence-electron chi connectivity index (χ1n) is 6.32. The van der Waals surface area contributed by atoms with Gasteiger partial charge in [0.15, 0.2) is 0 Å². The molecular formula is C16H21NO. The molecule has 1 aromatic carbocycles. The Labute approximate surface area is 109 Å². The topological polar surface area (TPSA) is 39.2 Å². The van der Waals surface area contributed by atoms with Crippen LogP contribution in [0.3, 0.4) is 0 Å². The molecule has 0 fully saturated rings. The number of hydrogen-bond donors (Lipinski definition) is 1. The van der Waals surface area contributed by atoms with Gasteiger partial charge in [-0.1, -0.05) is 0 Å². The molecule has 0 saturated heterocycles. The van der Waals surface area contributed by atoms with Gasteiger partial charge < -0.3 is 10.2 Å². The first-order valence-corrected chi connectivity index (χ1v) is 6.32. The van der Waals surface area contributed by atoms with Crippen LogP contribution in [0.15, 0.2) is 16.7 Å². The Hall–Kier alpha value is -1.54. The zero-order chi connectivity index (χ0) is 13.4. The summed E-state index contributed by atoms with van der Waals surface area (Å²) in [6.45, 7) is 11.3. The lowest BCUT2D eigenvalue weighted by Crippen LogP contribution is -2.02. The summed E-state index contributed by atoms with van der Waals surface area (Å²) in [5.41, 5.74) is 14.9. The second kappa shape index (κ2) is 4.62. The summed E-state index contributed by atoms with van der Waals surface area (Å²) in [6, 6.07) is 2.02. The zero-order valence-corrected chi connectivity index (χ0v) is 11.8. The summed E-state index contributed by atoms with van der Waals surface area (Å²) in [7, 11) is 0. The Morgan fingerprint density at radius 2 is 1.39 bits per heavy atom. The normalized spacial score (nSPS) is 11.0. The molecular weight excluding hydrogens is 222 g/mol. The average molecular weight is 243 g/mol. The molecule has 0 aliphatic heterocycles. The first kappa shape index (κ1) is 12.9. The molecule has 0 radical (unpaired) electrons. The van der Waals surface area contributed by atoms with E-state index in [1.54, 1.807) is 6.26 Å². The Morgan fingerprint density at radius 1 is 0.889 bits per heavy atom. The molecule has 0 aliphatic rings. The third-order valence-electron chi connectivity index (χ3n) is 4.20. The van der Waals surface area contributed by atoms with Crippen molar-refractivity contribution in [2.45, 2.75) is 41.2 Å². The van der Waals surface area contributed by atoms with Crippen molar-refractivity contribution in [3.63, 3.8) is 0 Å². The molecule has 96 valence electrons. The van der Waals surface area contributed by atoms with Crippen LogP contribution in [0.25, 0.3) is 11.1 Å². The fourth-order valence-electron chi connectivity index (χ4n) is 2.63. The van der Waals surface area contributed by atoms with Gasteiger partial charge in [-0.3, -0.25) is 0 Å². The summed E-state index contributed by atoms with van der Waals surface area (Å²) < 4.78 is 5.46. The van der Waals surface area contributed by atoms with E-state index in [4.69, 9.17) is 10.2 Å². The zero-order valence-electron chi connectivity index (χ0n) is 11.8. The van der Waals surface area contributed by atoms with Crippen LogP contribution < -0.4 is 5.73 Å². The largest absolute Gasteiger partial charge is 0.467 e. The smallest absolute Gasteiger partial charge is 0.125 e. The lowest BCUT2D eigenvalue weighted by molar-refractivity contribution is 0.513. The fourth-order valence-corrected chi connectivity index (χ4v) is 2.63. The van der Waals surface area contributed by atoms with E-state index in [-0.39, 0.29) is 0 Å². The molecule has 2 rings (SSSR count). The summed E-state index contributed by atoms with van der Waals surface area (Å²) >= 11 is 0. The second-order valence-corrected chi connectivity index (χ2v) is 4.96. The highest BCUT2D eigenvalue weighted by Crippen LogP contribution is 2.36. The molecule has 2 N–H and O–H groups in total. The Balaban J connectivity index is 2.80. The molecule has 0 aliphatic carbocycles. The van der Waals surface area contributed by atoms with E-state index in [0.29, 0.717) is 6.54 Å². The lowest BCUT2D eigenvalue weighted by atomic mass is 9.86. The van der Waals surface area contributed by atoms with Crippen LogP contribution >= 0.6 is 0 Å². The summed E-state index contributed by atoms with van der Waals surface area (Å²) in [5, 5.41) is 0. The van der Waals surface area contributed by atoms with Crippen LogP contribution in [-0.2, 0) is 6.54 Å². The van der Waals surface area contributed by atoms with Gasteiger partial charge in [-0.25, -0.2) is 0 Å². The van der Waals surface area contributed by atoms with Crippen molar-refractivity contribution in [3.05, 3.63) is 45.9 Å². The van der Waals surface area contributed by atoms with Gasteiger partial charge in [0.1, 0.15) is 5.76 Å². The molecule has 2 heteroatoms. The van der Waals surface area contributed by atoms with E-state index in [0.717, 1.165) is 11.3 Å². The fraction of sp³-hybridized carbons (Fsp3) is 0.375. The van der Waals surface area contributed by atoms with Crippen LogP contribution in [0.4, 0.5) is 0 Å². The molecule has 0 saturated carbocycles. The van der Waals surface area contributed by atoms with Crippen molar-refractivity contribution < 1.29 is 4.42 Å².